The average Bonchev–Trinajstić information content (AvgIpc) is 3.09. The van der Waals surface area contributed by atoms with Gasteiger partial charge in [0.2, 0.25) is 5.91 Å². The summed E-state index contributed by atoms with van der Waals surface area (Å²) in [5.41, 5.74) is -2.33. The molecule has 1 saturated heterocycles. The third-order valence-corrected chi connectivity index (χ3v) is 6.58. The van der Waals surface area contributed by atoms with Crippen molar-refractivity contribution in [3.05, 3.63) is 82.2 Å². The van der Waals surface area contributed by atoms with Gasteiger partial charge in [-0.05, 0) is 42.8 Å². The predicted octanol–water partition coefficient (Wildman–Crippen LogP) is 5.86. The van der Waals surface area contributed by atoms with Gasteiger partial charge in [-0.25, -0.2) is 9.18 Å². The summed E-state index contributed by atoms with van der Waals surface area (Å²) in [5, 5.41) is 13.1. The first-order valence-corrected chi connectivity index (χ1v) is 11.6. The van der Waals surface area contributed by atoms with Crippen LogP contribution in [0.1, 0.15) is 28.0 Å². The number of carboxylic acids is 1. The molecule has 0 atom stereocenters. The van der Waals surface area contributed by atoms with Crippen molar-refractivity contribution in [2.45, 2.75) is 19.0 Å². The van der Waals surface area contributed by atoms with E-state index < -0.39 is 40.0 Å². The molecule has 2 aliphatic rings. The Balaban J connectivity index is 1.76. The highest BCUT2D eigenvalue weighted by atomic mass is 35.5. The number of fused-ring (bicyclic) bond motifs is 1. The van der Waals surface area contributed by atoms with Gasteiger partial charge in [0.15, 0.2) is 0 Å². The SMILES string of the molecule is O=C(O)c1ccc(-c2nn(C(=O)C3=C(C(F)(F)F)C=CCC=C3Cl)c3cc(N4CCC4=O)ccc23)c(F)c1. The third kappa shape index (κ3) is 4.28. The molecule has 12 heteroatoms. The van der Waals surface area contributed by atoms with E-state index in [1.165, 1.54) is 29.2 Å². The summed E-state index contributed by atoms with van der Waals surface area (Å²) in [4.78, 5) is 38.3. The highest BCUT2D eigenvalue weighted by Crippen LogP contribution is 2.38. The van der Waals surface area contributed by atoms with Gasteiger partial charge < -0.3 is 10.0 Å². The largest absolute Gasteiger partial charge is 0.478 e. The molecule has 7 nitrogen and oxygen atoms in total. The Kier molecular flexibility index (Phi) is 6.18. The molecule has 1 aliphatic carbocycles. The summed E-state index contributed by atoms with van der Waals surface area (Å²) >= 11 is 6.15. The Morgan fingerprint density at radius 1 is 1.11 bits per heavy atom. The van der Waals surface area contributed by atoms with E-state index in [0.717, 1.165) is 24.3 Å². The van der Waals surface area contributed by atoms with Gasteiger partial charge in [0, 0.05) is 29.6 Å². The van der Waals surface area contributed by atoms with E-state index >= 15 is 0 Å². The van der Waals surface area contributed by atoms with Gasteiger partial charge >= 0.3 is 12.1 Å². The van der Waals surface area contributed by atoms with Crippen LogP contribution in [-0.2, 0) is 4.79 Å². The number of hydrogen-bond donors (Lipinski definition) is 1. The Morgan fingerprint density at radius 2 is 1.87 bits per heavy atom. The average molecular weight is 546 g/mol. The second-order valence-corrected chi connectivity index (χ2v) is 8.95. The fourth-order valence-electron chi connectivity index (χ4n) is 4.28. The van der Waals surface area contributed by atoms with Crippen molar-refractivity contribution in [2.24, 2.45) is 0 Å². The van der Waals surface area contributed by atoms with Crippen LogP contribution >= 0.6 is 11.6 Å². The Hall–Kier alpha value is -4.25. The van der Waals surface area contributed by atoms with Gasteiger partial charge in [-0.15, -0.1) is 0 Å². The highest BCUT2D eigenvalue weighted by Gasteiger charge is 2.39. The first kappa shape index (κ1) is 25.4. The smallest absolute Gasteiger partial charge is 0.417 e. The molecule has 0 spiro atoms. The quantitative estimate of drug-likeness (QED) is 0.327. The molecule has 0 radical (unpaired) electrons. The number of nitrogens with zero attached hydrogens (tertiary/aromatic N) is 3. The molecule has 1 aromatic heterocycles. The Labute approximate surface area is 216 Å². The fraction of sp³-hybridized carbons (Fsp3) is 0.154. The molecule has 5 rings (SSSR count). The number of carboxylic acid groups (broad SMARTS) is 1. The van der Waals surface area contributed by atoms with Crippen LogP contribution in [0.4, 0.5) is 23.2 Å². The number of aromatic carboxylic acids is 1. The van der Waals surface area contributed by atoms with E-state index in [0.29, 0.717) is 23.3 Å². The molecule has 0 saturated carbocycles. The number of allylic oxidation sites excluding steroid dienone is 6. The second-order valence-electron chi connectivity index (χ2n) is 8.54. The summed E-state index contributed by atoms with van der Waals surface area (Å²) in [6.07, 6.45) is -1.31. The van der Waals surface area contributed by atoms with Gasteiger partial charge in [0.05, 0.1) is 27.3 Å². The number of rotatable bonds is 4. The normalized spacial score (nSPS) is 16.0. The lowest BCUT2D eigenvalue weighted by atomic mass is 10.0. The van der Waals surface area contributed by atoms with E-state index in [-0.39, 0.29) is 40.1 Å². The highest BCUT2D eigenvalue weighted by molar-refractivity contribution is 6.36. The second kappa shape index (κ2) is 9.25. The predicted molar refractivity (Wildman–Crippen MR) is 130 cm³/mol. The van der Waals surface area contributed by atoms with Crippen LogP contribution in [0, 0.1) is 5.82 Å². The Morgan fingerprint density at radius 3 is 2.47 bits per heavy atom. The number of anilines is 1. The van der Waals surface area contributed by atoms with E-state index in [9.17, 15) is 31.9 Å². The van der Waals surface area contributed by atoms with Crippen LogP contribution in [-0.4, -0.2) is 45.4 Å². The maximum Gasteiger partial charge on any atom is 0.417 e. The number of carbonyl (C=O) groups is 3. The zero-order valence-corrected chi connectivity index (χ0v) is 20.0. The van der Waals surface area contributed by atoms with Gasteiger partial charge in [0.25, 0.3) is 5.91 Å². The van der Waals surface area contributed by atoms with E-state index in [1.54, 1.807) is 6.07 Å². The summed E-state index contributed by atoms with van der Waals surface area (Å²) in [6.45, 7) is 0.410. The van der Waals surface area contributed by atoms with Crippen LogP contribution in [0.3, 0.4) is 0 Å². The van der Waals surface area contributed by atoms with E-state index in [1.807, 2.05) is 0 Å². The minimum atomic E-state index is -4.92. The van der Waals surface area contributed by atoms with Gasteiger partial charge in [-0.1, -0.05) is 29.8 Å². The maximum atomic E-state index is 15.0. The number of aromatic nitrogens is 2. The first-order chi connectivity index (χ1) is 18.0. The topological polar surface area (TPSA) is 92.5 Å². The van der Waals surface area contributed by atoms with Crippen LogP contribution in [0.2, 0.25) is 0 Å². The molecule has 2 aromatic carbocycles. The molecule has 38 heavy (non-hydrogen) atoms. The zero-order chi connectivity index (χ0) is 27.4. The molecular formula is C26H16ClF4N3O4. The first-order valence-electron chi connectivity index (χ1n) is 11.2. The molecule has 2 heterocycles. The van der Waals surface area contributed by atoms with Crippen molar-refractivity contribution >= 4 is 46.0 Å². The van der Waals surface area contributed by atoms with Crippen molar-refractivity contribution in [1.82, 2.24) is 9.78 Å². The standard InChI is InChI=1S/C26H16ClF4N3O4/c27-18-4-2-1-3-17(26(29,30)31)22(18)24(36)34-20-12-14(33-10-9-21(33)35)6-8-16(20)23(32-34)15-7-5-13(25(37)38)11-19(15)28/h1,3-8,11-12H,2,9-10H2,(H,37,38). The zero-order valence-electron chi connectivity index (χ0n) is 19.2. The van der Waals surface area contributed by atoms with E-state index in [4.69, 9.17) is 16.7 Å². The lowest BCUT2D eigenvalue weighted by molar-refractivity contribution is -0.122. The third-order valence-electron chi connectivity index (χ3n) is 6.24. The lowest BCUT2D eigenvalue weighted by Gasteiger charge is -2.30. The van der Waals surface area contributed by atoms with Crippen LogP contribution < -0.4 is 4.90 Å². The molecule has 1 N–H and O–H groups in total. The van der Waals surface area contributed by atoms with Crippen molar-refractivity contribution in [3.8, 4) is 11.3 Å². The van der Waals surface area contributed by atoms with Gasteiger partial charge in [0.1, 0.15) is 11.5 Å². The summed E-state index contributed by atoms with van der Waals surface area (Å²) in [7, 11) is 0. The molecule has 1 amide bonds. The van der Waals surface area contributed by atoms with Gasteiger partial charge in [-0.3, -0.25) is 9.59 Å². The fourth-order valence-corrected chi connectivity index (χ4v) is 4.56. The lowest BCUT2D eigenvalue weighted by Crippen LogP contribution is -2.43. The summed E-state index contributed by atoms with van der Waals surface area (Å²) < 4.78 is 57.4. The number of benzene rings is 2. The number of β-lactam (4-membered cyclic amide) rings is 1. The summed E-state index contributed by atoms with van der Waals surface area (Å²) in [6, 6.07) is 7.49. The minimum absolute atomic E-state index is 0.00984. The maximum absolute atomic E-state index is 15.0. The Bertz CT molecular complexity index is 1640. The molecular weight excluding hydrogens is 530 g/mol. The number of alkyl halides is 3. The minimum Gasteiger partial charge on any atom is -0.478 e. The van der Waals surface area contributed by atoms with Crippen molar-refractivity contribution in [2.75, 3.05) is 11.4 Å². The van der Waals surface area contributed by atoms with Crippen LogP contribution in [0.25, 0.3) is 22.2 Å². The van der Waals surface area contributed by atoms with Crippen LogP contribution in [0.15, 0.2) is 70.8 Å². The molecule has 194 valence electrons. The van der Waals surface area contributed by atoms with Crippen molar-refractivity contribution in [3.63, 3.8) is 0 Å². The molecule has 0 unspecified atom stereocenters. The monoisotopic (exact) mass is 545 g/mol. The molecule has 1 aliphatic heterocycles. The number of amides is 1. The van der Waals surface area contributed by atoms with Crippen molar-refractivity contribution in [1.29, 1.82) is 0 Å². The van der Waals surface area contributed by atoms with E-state index in [2.05, 4.69) is 5.10 Å². The number of halogens is 5. The van der Waals surface area contributed by atoms with Crippen LogP contribution in [0.5, 0.6) is 0 Å². The van der Waals surface area contributed by atoms with Gasteiger partial charge in [-0.2, -0.15) is 23.0 Å². The molecule has 0 bridgehead atoms. The summed E-state index contributed by atoms with van der Waals surface area (Å²) in [5.74, 6) is -3.72. The van der Waals surface area contributed by atoms with Crippen molar-refractivity contribution < 1.29 is 37.1 Å². The molecule has 1 fully saturated rings. The number of hydrogen-bond acceptors (Lipinski definition) is 4. The molecule has 3 aromatic rings. The number of carbonyl (C=O) groups excluding carboxylic acids is 2.